The second kappa shape index (κ2) is 19.0. The molecule has 238 valence electrons. The highest BCUT2D eigenvalue weighted by Gasteiger charge is 2.22. The first kappa shape index (κ1) is 34.1. The van der Waals surface area contributed by atoms with E-state index >= 15 is 0 Å². The predicted molar refractivity (Wildman–Crippen MR) is 170 cm³/mol. The molecule has 0 bridgehead atoms. The molecular formula is C35H51NO7. The van der Waals surface area contributed by atoms with Crippen LogP contribution in [0.15, 0.2) is 35.3 Å². The van der Waals surface area contributed by atoms with Gasteiger partial charge < -0.3 is 28.8 Å². The van der Waals surface area contributed by atoms with E-state index < -0.39 is 5.97 Å². The Morgan fingerprint density at radius 1 is 0.814 bits per heavy atom. The Labute approximate surface area is 257 Å². The number of aliphatic imine (C=N–C) groups is 1. The number of unbranched alkanes of at least 4 members (excludes halogenated alkanes) is 9. The van der Waals surface area contributed by atoms with E-state index in [9.17, 15) is 9.90 Å². The zero-order chi connectivity index (χ0) is 30.9. The summed E-state index contributed by atoms with van der Waals surface area (Å²) in [4.78, 5) is 17.8. The Morgan fingerprint density at radius 2 is 1.37 bits per heavy atom. The summed E-state index contributed by atoms with van der Waals surface area (Å²) in [5.41, 5.74) is 0.744. The molecule has 1 heterocycles. The van der Waals surface area contributed by atoms with E-state index in [4.69, 9.17) is 23.7 Å². The third kappa shape index (κ3) is 11.3. The molecule has 1 atom stereocenters. The first-order chi connectivity index (χ1) is 21.0. The zero-order valence-electron chi connectivity index (χ0n) is 26.6. The van der Waals surface area contributed by atoms with Crippen molar-refractivity contribution >= 4 is 11.9 Å². The average molecular weight is 598 g/mol. The standard InChI is InChI=1S/C35H51NO7/c1-5-8-11-14-19-39-31-22-27(23-32(40-20-15-12-9-6-2)33(31)41-21-16-13-10-7-3)35(38)43-28-17-18-29(30(37)24-28)34-36-26(4)25-42-34/h17-18,22-24,26,37H,5-16,19-21,25H2,1-4H3/t26-/m0/s1. The fourth-order valence-corrected chi connectivity index (χ4v) is 4.72. The molecule has 8 nitrogen and oxygen atoms in total. The van der Waals surface area contributed by atoms with Crippen LogP contribution in [0, 0.1) is 0 Å². The summed E-state index contributed by atoms with van der Waals surface area (Å²) in [5, 5.41) is 10.6. The SMILES string of the molecule is CCCCCCOc1cc(C(=O)Oc2ccc(C3=N[C@@H](C)CO3)c(O)c2)cc(OCCCCCC)c1OCCCCCC. The van der Waals surface area contributed by atoms with Crippen LogP contribution < -0.4 is 18.9 Å². The smallest absolute Gasteiger partial charge is 0.343 e. The van der Waals surface area contributed by atoms with Crippen molar-refractivity contribution in [3.63, 3.8) is 0 Å². The Kier molecular flexibility index (Phi) is 15.0. The zero-order valence-corrected chi connectivity index (χ0v) is 26.6. The van der Waals surface area contributed by atoms with E-state index in [2.05, 4.69) is 25.8 Å². The summed E-state index contributed by atoms with van der Waals surface area (Å²) in [6, 6.07) is 8.02. The number of esters is 1. The number of hydrogen-bond acceptors (Lipinski definition) is 8. The molecule has 0 aliphatic carbocycles. The molecule has 0 spiro atoms. The van der Waals surface area contributed by atoms with Gasteiger partial charge in [-0.25, -0.2) is 9.79 Å². The predicted octanol–water partition coefficient (Wildman–Crippen LogP) is 8.65. The van der Waals surface area contributed by atoms with Crippen molar-refractivity contribution in [1.82, 2.24) is 0 Å². The summed E-state index contributed by atoms with van der Waals surface area (Å²) in [7, 11) is 0. The summed E-state index contributed by atoms with van der Waals surface area (Å²) in [6.45, 7) is 10.5. The normalized spacial score (nSPS) is 14.2. The molecule has 43 heavy (non-hydrogen) atoms. The second-order valence-electron chi connectivity index (χ2n) is 11.2. The molecule has 0 amide bonds. The highest BCUT2D eigenvalue weighted by atomic mass is 16.5. The number of benzene rings is 2. The minimum Gasteiger partial charge on any atom is -0.507 e. The molecule has 1 aliphatic heterocycles. The van der Waals surface area contributed by atoms with Gasteiger partial charge in [0.2, 0.25) is 11.6 Å². The molecule has 1 aliphatic rings. The second-order valence-corrected chi connectivity index (χ2v) is 11.2. The number of aromatic hydroxyl groups is 1. The van der Waals surface area contributed by atoms with Gasteiger partial charge in [0.1, 0.15) is 18.1 Å². The number of rotatable bonds is 21. The third-order valence-corrected chi connectivity index (χ3v) is 7.22. The maximum absolute atomic E-state index is 13.4. The minimum atomic E-state index is -0.587. The van der Waals surface area contributed by atoms with Crippen molar-refractivity contribution < 1.29 is 33.6 Å². The highest BCUT2D eigenvalue weighted by molar-refractivity contribution is 5.98. The number of phenolic OH excluding ortho intramolecular Hbond substituents is 1. The maximum atomic E-state index is 13.4. The van der Waals surface area contributed by atoms with Gasteiger partial charge in [-0.1, -0.05) is 78.6 Å². The van der Waals surface area contributed by atoms with Crippen LogP contribution in [0.4, 0.5) is 0 Å². The number of carbonyl (C=O) groups is 1. The first-order valence-corrected chi connectivity index (χ1v) is 16.3. The monoisotopic (exact) mass is 597 g/mol. The van der Waals surface area contributed by atoms with Crippen LogP contribution in [0.5, 0.6) is 28.7 Å². The van der Waals surface area contributed by atoms with Crippen LogP contribution in [-0.4, -0.2) is 49.4 Å². The molecule has 0 saturated carbocycles. The Hall–Kier alpha value is -3.42. The lowest BCUT2D eigenvalue weighted by Crippen LogP contribution is -2.12. The molecule has 0 saturated heterocycles. The van der Waals surface area contributed by atoms with Gasteiger partial charge in [0, 0.05) is 6.07 Å². The number of carbonyl (C=O) groups excluding carboxylic acids is 1. The molecule has 0 fully saturated rings. The molecular weight excluding hydrogens is 546 g/mol. The van der Waals surface area contributed by atoms with Crippen molar-refractivity contribution in [3.05, 3.63) is 41.5 Å². The van der Waals surface area contributed by atoms with E-state index in [0.717, 1.165) is 77.0 Å². The Balaban J connectivity index is 1.83. The van der Waals surface area contributed by atoms with Gasteiger partial charge in [-0.3, -0.25) is 0 Å². The summed E-state index contributed by atoms with van der Waals surface area (Å²) < 4.78 is 29.9. The summed E-state index contributed by atoms with van der Waals surface area (Å²) >= 11 is 0. The maximum Gasteiger partial charge on any atom is 0.343 e. The van der Waals surface area contributed by atoms with Crippen molar-refractivity contribution in [2.75, 3.05) is 26.4 Å². The fraction of sp³-hybridized carbons (Fsp3) is 0.600. The van der Waals surface area contributed by atoms with Gasteiger partial charge in [-0.05, 0) is 50.5 Å². The van der Waals surface area contributed by atoms with Crippen LogP contribution in [0.2, 0.25) is 0 Å². The van der Waals surface area contributed by atoms with E-state index in [1.807, 2.05) is 6.92 Å². The van der Waals surface area contributed by atoms with Gasteiger partial charge in [-0.2, -0.15) is 0 Å². The van der Waals surface area contributed by atoms with Gasteiger partial charge >= 0.3 is 5.97 Å². The lowest BCUT2D eigenvalue weighted by Gasteiger charge is -2.19. The first-order valence-electron chi connectivity index (χ1n) is 16.3. The lowest BCUT2D eigenvalue weighted by atomic mass is 10.1. The lowest BCUT2D eigenvalue weighted by molar-refractivity contribution is 0.0733. The van der Waals surface area contributed by atoms with Crippen LogP contribution in [0.3, 0.4) is 0 Å². The molecule has 0 unspecified atom stereocenters. The molecule has 2 aromatic rings. The third-order valence-electron chi connectivity index (χ3n) is 7.22. The quantitative estimate of drug-likeness (QED) is 0.0874. The highest BCUT2D eigenvalue weighted by Crippen LogP contribution is 2.40. The Morgan fingerprint density at radius 3 is 1.86 bits per heavy atom. The van der Waals surface area contributed by atoms with Gasteiger partial charge in [0.15, 0.2) is 11.5 Å². The van der Waals surface area contributed by atoms with Crippen LogP contribution in [0.1, 0.15) is 121 Å². The van der Waals surface area contributed by atoms with E-state index in [0.29, 0.717) is 55.1 Å². The van der Waals surface area contributed by atoms with Crippen molar-refractivity contribution in [2.24, 2.45) is 4.99 Å². The molecule has 1 N–H and O–H groups in total. The van der Waals surface area contributed by atoms with Gasteiger partial charge in [0.05, 0.1) is 37.0 Å². The molecule has 0 radical (unpaired) electrons. The van der Waals surface area contributed by atoms with Gasteiger partial charge in [0.25, 0.3) is 0 Å². The largest absolute Gasteiger partial charge is 0.507 e. The topological polar surface area (TPSA) is 95.8 Å². The number of hydrogen-bond donors (Lipinski definition) is 1. The van der Waals surface area contributed by atoms with Gasteiger partial charge in [-0.15, -0.1) is 0 Å². The summed E-state index contributed by atoms with van der Waals surface area (Å²) in [6.07, 6.45) is 12.9. The molecule has 0 aromatic heterocycles. The molecule has 3 rings (SSSR count). The number of phenols is 1. The molecule has 8 heteroatoms. The van der Waals surface area contributed by atoms with Crippen LogP contribution in [-0.2, 0) is 4.74 Å². The number of ether oxygens (including phenoxy) is 5. The fourth-order valence-electron chi connectivity index (χ4n) is 4.72. The van der Waals surface area contributed by atoms with E-state index in [1.54, 1.807) is 24.3 Å². The average Bonchev–Trinajstić information content (AvgIpc) is 3.43. The van der Waals surface area contributed by atoms with E-state index in [1.165, 1.54) is 6.07 Å². The minimum absolute atomic E-state index is 0.0290. The molecule has 2 aromatic carbocycles. The van der Waals surface area contributed by atoms with E-state index in [-0.39, 0.29) is 23.1 Å². The Bertz CT molecular complexity index is 1130. The van der Waals surface area contributed by atoms with Crippen molar-refractivity contribution in [2.45, 2.75) is 111 Å². The number of nitrogens with zero attached hydrogens (tertiary/aromatic N) is 1. The van der Waals surface area contributed by atoms with Crippen molar-refractivity contribution in [3.8, 4) is 28.7 Å². The van der Waals surface area contributed by atoms with Crippen LogP contribution in [0.25, 0.3) is 0 Å². The summed E-state index contributed by atoms with van der Waals surface area (Å²) in [5.74, 6) is 1.43. The van der Waals surface area contributed by atoms with Crippen LogP contribution >= 0.6 is 0 Å². The van der Waals surface area contributed by atoms with Crippen molar-refractivity contribution in [1.29, 1.82) is 0 Å².